The fourth-order valence-corrected chi connectivity index (χ4v) is 1.65. The Morgan fingerprint density at radius 1 is 0.667 bits per heavy atom. The number of rotatable bonds is 9. The molecule has 2 heteroatoms. The van der Waals surface area contributed by atoms with E-state index < -0.39 is 0 Å². The maximum Gasteiger partial charge on any atom is 0.0894 e. The maximum atomic E-state index is 11.7. The van der Waals surface area contributed by atoms with Crippen LogP contribution in [0, 0.1) is 0 Å². The molecule has 0 rings (SSSR count). The van der Waals surface area contributed by atoms with Crippen molar-refractivity contribution in [3.05, 3.63) is 0 Å². The van der Waals surface area contributed by atoms with E-state index in [0.29, 0.717) is 0 Å². The predicted octanol–water partition coefficient (Wildman–Crippen LogP) is 4.47. The van der Waals surface area contributed by atoms with Crippen molar-refractivity contribution in [2.45, 2.75) is 51.4 Å². The molecule has 0 unspecified atom stereocenters. The third kappa shape index (κ3) is 10.4. The summed E-state index contributed by atoms with van der Waals surface area (Å²) in [6.45, 7) is -0.135. The molecule has 0 atom stereocenters. The van der Waals surface area contributed by atoms with Gasteiger partial charge in [0.15, 0.2) is 0 Å². The van der Waals surface area contributed by atoms with Gasteiger partial charge >= 0.3 is 0 Å². The van der Waals surface area contributed by atoms with Crippen LogP contribution in [0.1, 0.15) is 51.4 Å². The molecule has 0 N–H and O–H groups in total. The van der Waals surface area contributed by atoms with Crippen LogP contribution in [0.25, 0.3) is 0 Å². The molecule has 0 aromatic rings. The summed E-state index contributed by atoms with van der Waals surface area (Å²) in [6, 6.07) is 0. The predicted molar refractivity (Wildman–Crippen MR) is 56.7 cm³/mol. The van der Waals surface area contributed by atoms with Gasteiger partial charge in [-0.05, 0) is 12.8 Å². The van der Waals surface area contributed by atoms with Crippen LogP contribution in [0.15, 0.2) is 0 Å². The molecule has 0 saturated carbocycles. The van der Waals surface area contributed by atoms with Crippen molar-refractivity contribution < 1.29 is 4.39 Å². The number of alkyl halides is 2. The van der Waals surface area contributed by atoms with Crippen LogP contribution in [0.3, 0.4) is 0 Å². The summed E-state index contributed by atoms with van der Waals surface area (Å²) in [5.74, 6) is 0. The standard InChI is InChI=1S/C10H20BrF/c11-9-7-5-3-1-2-4-6-8-10-12/h1-10H2. The van der Waals surface area contributed by atoms with Gasteiger partial charge in [-0.3, -0.25) is 4.39 Å². The Kier molecular flexibility index (Phi) is 11.8. The summed E-state index contributed by atoms with van der Waals surface area (Å²) in [6.07, 6.45) is 9.68. The minimum absolute atomic E-state index is 0.135. The first kappa shape index (κ1) is 12.4. The topological polar surface area (TPSA) is 0 Å². The van der Waals surface area contributed by atoms with Gasteiger partial charge in [0.25, 0.3) is 0 Å². The molecule has 0 radical (unpaired) electrons. The molecule has 0 saturated heterocycles. The highest BCUT2D eigenvalue weighted by atomic mass is 79.9. The first-order chi connectivity index (χ1) is 5.91. The molecular formula is C10H20BrF. The summed E-state index contributed by atoms with van der Waals surface area (Å²) in [4.78, 5) is 0. The van der Waals surface area contributed by atoms with Crippen LogP contribution in [0.2, 0.25) is 0 Å². The molecule has 0 aliphatic heterocycles. The second-order valence-corrected chi connectivity index (χ2v) is 4.00. The Bertz CT molecular complexity index is 66.2. The Morgan fingerprint density at radius 2 is 1.08 bits per heavy atom. The first-order valence-electron chi connectivity index (χ1n) is 5.03. The molecule has 0 nitrogen and oxygen atoms in total. The summed E-state index contributed by atoms with van der Waals surface area (Å²) < 4.78 is 11.7. The Balaban J connectivity index is 2.73. The third-order valence-electron chi connectivity index (χ3n) is 2.02. The van der Waals surface area contributed by atoms with E-state index in [1.807, 2.05) is 0 Å². The van der Waals surface area contributed by atoms with E-state index in [1.54, 1.807) is 0 Å². The number of hydrogen-bond acceptors (Lipinski definition) is 0. The molecule has 0 amide bonds. The van der Waals surface area contributed by atoms with Crippen molar-refractivity contribution in [3.8, 4) is 0 Å². The maximum absolute atomic E-state index is 11.7. The second-order valence-electron chi connectivity index (χ2n) is 3.21. The van der Waals surface area contributed by atoms with Gasteiger partial charge in [0.05, 0.1) is 6.67 Å². The highest BCUT2D eigenvalue weighted by molar-refractivity contribution is 9.09. The van der Waals surface area contributed by atoms with Crippen molar-refractivity contribution in [2.24, 2.45) is 0 Å². The molecule has 0 aliphatic carbocycles. The highest BCUT2D eigenvalue weighted by Crippen LogP contribution is 2.09. The van der Waals surface area contributed by atoms with Gasteiger partial charge in [0.2, 0.25) is 0 Å². The van der Waals surface area contributed by atoms with Gasteiger partial charge < -0.3 is 0 Å². The largest absolute Gasteiger partial charge is 0.251 e. The first-order valence-corrected chi connectivity index (χ1v) is 6.16. The minimum Gasteiger partial charge on any atom is -0.251 e. The quantitative estimate of drug-likeness (QED) is 0.411. The fourth-order valence-electron chi connectivity index (χ4n) is 1.25. The Hall–Kier alpha value is 0.410. The van der Waals surface area contributed by atoms with Crippen molar-refractivity contribution in [1.82, 2.24) is 0 Å². The smallest absolute Gasteiger partial charge is 0.0894 e. The van der Waals surface area contributed by atoms with Crippen molar-refractivity contribution in [1.29, 1.82) is 0 Å². The highest BCUT2D eigenvalue weighted by Gasteiger charge is 1.90. The Morgan fingerprint density at radius 3 is 1.50 bits per heavy atom. The zero-order valence-corrected chi connectivity index (χ0v) is 9.41. The van der Waals surface area contributed by atoms with E-state index in [4.69, 9.17) is 0 Å². The summed E-state index contributed by atoms with van der Waals surface area (Å²) in [5.41, 5.74) is 0. The monoisotopic (exact) mass is 238 g/mol. The van der Waals surface area contributed by atoms with E-state index in [0.717, 1.165) is 18.2 Å². The summed E-state index contributed by atoms with van der Waals surface area (Å²) in [5, 5.41) is 1.13. The average molecular weight is 239 g/mol. The van der Waals surface area contributed by atoms with Gasteiger partial charge in [0.1, 0.15) is 0 Å². The molecule has 0 aromatic carbocycles. The lowest BCUT2D eigenvalue weighted by molar-refractivity contribution is 0.449. The molecule has 0 aliphatic rings. The van der Waals surface area contributed by atoms with Crippen molar-refractivity contribution >= 4 is 15.9 Å². The Labute approximate surface area is 84.1 Å². The van der Waals surface area contributed by atoms with Crippen LogP contribution < -0.4 is 0 Å². The normalized spacial score (nSPS) is 10.5. The van der Waals surface area contributed by atoms with E-state index >= 15 is 0 Å². The lowest BCUT2D eigenvalue weighted by atomic mass is 10.1. The van der Waals surface area contributed by atoms with Crippen molar-refractivity contribution in [3.63, 3.8) is 0 Å². The summed E-state index contributed by atoms with van der Waals surface area (Å²) >= 11 is 3.41. The fraction of sp³-hybridized carbons (Fsp3) is 1.00. The van der Waals surface area contributed by atoms with Crippen LogP contribution in [-0.2, 0) is 0 Å². The third-order valence-corrected chi connectivity index (χ3v) is 2.58. The van der Waals surface area contributed by atoms with E-state index in [-0.39, 0.29) is 6.67 Å². The molecule has 0 fully saturated rings. The molecule has 0 spiro atoms. The molecule has 74 valence electrons. The molecule has 12 heavy (non-hydrogen) atoms. The zero-order valence-electron chi connectivity index (χ0n) is 7.83. The zero-order chi connectivity index (χ0) is 9.07. The molecular weight excluding hydrogens is 219 g/mol. The van der Waals surface area contributed by atoms with E-state index in [1.165, 1.54) is 38.5 Å². The van der Waals surface area contributed by atoms with Crippen LogP contribution in [0.4, 0.5) is 4.39 Å². The number of halogens is 2. The van der Waals surface area contributed by atoms with Crippen molar-refractivity contribution in [2.75, 3.05) is 12.0 Å². The van der Waals surface area contributed by atoms with Crippen LogP contribution >= 0.6 is 15.9 Å². The molecule has 0 aromatic heterocycles. The van der Waals surface area contributed by atoms with E-state index in [2.05, 4.69) is 15.9 Å². The average Bonchev–Trinajstić information content (AvgIpc) is 2.10. The van der Waals surface area contributed by atoms with Gasteiger partial charge in [-0.2, -0.15) is 0 Å². The lowest BCUT2D eigenvalue weighted by Crippen LogP contribution is -1.82. The number of unbranched alkanes of at least 4 members (excludes halogenated alkanes) is 7. The SMILES string of the molecule is FCCCCCCCCCCBr. The summed E-state index contributed by atoms with van der Waals surface area (Å²) in [7, 11) is 0. The molecule has 0 bridgehead atoms. The van der Waals surface area contributed by atoms with Gasteiger partial charge in [-0.15, -0.1) is 0 Å². The van der Waals surface area contributed by atoms with Gasteiger partial charge in [-0.1, -0.05) is 54.5 Å². The number of hydrogen-bond donors (Lipinski definition) is 0. The molecule has 0 heterocycles. The minimum atomic E-state index is -0.135. The van der Waals surface area contributed by atoms with Gasteiger partial charge in [0, 0.05) is 5.33 Å². The van der Waals surface area contributed by atoms with Crippen LogP contribution in [0.5, 0.6) is 0 Å². The van der Waals surface area contributed by atoms with Crippen LogP contribution in [-0.4, -0.2) is 12.0 Å². The van der Waals surface area contributed by atoms with E-state index in [9.17, 15) is 4.39 Å². The van der Waals surface area contributed by atoms with Gasteiger partial charge in [-0.25, -0.2) is 0 Å². The lowest BCUT2D eigenvalue weighted by Gasteiger charge is -1.99. The second kappa shape index (κ2) is 11.4.